The van der Waals surface area contributed by atoms with Crippen LogP contribution in [0.25, 0.3) is 0 Å². The third kappa shape index (κ3) is 6.32. The summed E-state index contributed by atoms with van der Waals surface area (Å²) >= 11 is 0. The van der Waals surface area contributed by atoms with Gasteiger partial charge in [0.25, 0.3) is 0 Å². The average Bonchev–Trinajstić information content (AvgIpc) is 2.66. The highest BCUT2D eigenvalue weighted by molar-refractivity contribution is 7.92. The summed E-state index contributed by atoms with van der Waals surface area (Å²) in [5, 5.41) is 6.64. The summed E-state index contributed by atoms with van der Waals surface area (Å²) in [4.78, 5) is 7.20. The van der Waals surface area contributed by atoms with E-state index in [1.165, 1.54) is 38.5 Å². The van der Waals surface area contributed by atoms with E-state index in [9.17, 15) is 8.42 Å². The van der Waals surface area contributed by atoms with Crippen LogP contribution in [0.4, 0.5) is 0 Å². The Morgan fingerprint density at radius 3 is 2.59 bits per heavy atom. The van der Waals surface area contributed by atoms with Crippen LogP contribution in [0, 0.1) is 0 Å². The standard InChI is InChI=1S/C19H38N4O3S/c1-4-17-8-6-7-12-23(17)13-11-21-18(20-5-2)22-16-19(27(3,24)25)9-14-26-15-10-19/h17H,4-16H2,1-3H3,(H2,20,21,22). The van der Waals surface area contributed by atoms with Gasteiger partial charge in [0.1, 0.15) is 0 Å². The second-order valence-electron chi connectivity index (χ2n) is 7.78. The largest absolute Gasteiger partial charge is 0.381 e. The van der Waals surface area contributed by atoms with Crippen molar-refractivity contribution in [2.24, 2.45) is 4.99 Å². The maximum atomic E-state index is 12.4. The van der Waals surface area contributed by atoms with Crippen molar-refractivity contribution in [3.05, 3.63) is 0 Å². The van der Waals surface area contributed by atoms with Gasteiger partial charge in [-0.2, -0.15) is 0 Å². The lowest BCUT2D eigenvalue weighted by Gasteiger charge is -2.35. The lowest BCUT2D eigenvalue weighted by molar-refractivity contribution is 0.0768. The van der Waals surface area contributed by atoms with Gasteiger partial charge in [-0.05, 0) is 45.6 Å². The smallest absolute Gasteiger partial charge is 0.191 e. The first kappa shape index (κ1) is 22.4. The third-order valence-electron chi connectivity index (χ3n) is 5.97. The lowest BCUT2D eigenvalue weighted by atomic mass is 9.99. The van der Waals surface area contributed by atoms with E-state index in [0.29, 0.717) is 38.1 Å². The number of sulfone groups is 1. The predicted octanol–water partition coefficient (Wildman–Crippen LogP) is 1.40. The zero-order chi connectivity index (χ0) is 19.8. The maximum absolute atomic E-state index is 12.4. The van der Waals surface area contributed by atoms with E-state index in [1.54, 1.807) is 0 Å². The molecule has 7 nitrogen and oxygen atoms in total. The van der Waals surface area contributed by atoms with Crippen LogP contribution in [0.3, 0.4) is 0 Å². The molecule has 0 amide bonds. The Morgan fingerprint density at radius 1 is 1.22 bits per heavy atom. The van der Waals surface area contributed by atoms with Gasteiger partial charge in [-0.3, -0.25) is 9.89 Å². The number of rotatable bonds is 8. The fraction of sp³-hybridized carbons (Fsp3) is 0.947. The molecule has 0 aromatic rings. The first-order valence-corrected chi connectivity index (χ1v) is 12.3. The molecule has 2 fully saturated rings. The van der Waals surface area contributed by atoms with Gasteiger partial charge in [-0.1, -0.05) is 13.3 Å². The highest BCUT2D eigenvalue weighted by atomic mass is 32.2. The minimum atomic E-state index is -3.20. The van der Waals surface area contributed by atoms with Gasteiger partial charge in [0.05, 0.1) is 11.3 Å². The van der Waals surface area contributed by atoms with Crippen LogP contribution in [0.2, 0.25) is 0 Å². The Labute approximate surface area is 165 Å². The number of hydrogen-bond donors (Lipinski definition) is 2. The quantitative estimate of drug-likeness (QED) is 0.472. The van der Waals surface area contributed by atoms with Crippen LogP contribution < -0.4 is 10.6 Å². The summed E-state index contributed by atoms with van der Waals surface area (Å²) in [6.07, 6.45) is 7.47. The van der Waals surface area contributed by atoms with Crippen LogP contribution in [-0.4, -0.2) is 82.3 Å². The van der Waals surface area contributed by atoms with Crippen molar-refractivity contribution in [1.29, 1.82) is 0 Å². The van der Waals surface area contributed by atoms with E-state index in [1.807, 2.05) is 6.92 Å². The number of guanidine groups is 1. The molecule has 158 valence electrons. The number of aliphatic imine (C=N–C) groups is 1. The fourth-order valence-corrected chi connectivity index (χ4v) is 5.30. The minimum Gasteiger partial charge on any atom is -0.381 e. The first-order valence-electron chi connectivity index (χ1n) is 10.5. The van der Waals surface area contributed by atoms with Crippen molar-refractivity contribution >= 4 is 15.8 Å². The monoisotopic (exact) mass is 402 g/mol. The van der Waals surface area contributed by atoms with E-state index in [-0.39, 0.29) is 6.54 Å². The highest BCUT2D eigenvalue weighted by Gasteiger charge is 2.42. The maximum Gasteiger partial charge on any atom is 0.191 e. The molecule has 1 unspecified atom stereocenters. The van der Waals surface area contributed by atoms with Gasteiger partial charge >= 0.3 is 0 Å². The van der Waals surface area contributed by atoms with Crippen molar-refractivity contribution < 1.29 is 13.2 Å². The highest BCUT2D eigenvalue weighted by Crippen LogP contribution is 2.29. The normalized spacial score (nSPS) is 24.6. The number of piperidine rings is 1. The Kier molecular flexibility index (Phi) is 8.82. The molecular formula is C19H38N4O3S. The second kappa shape index (κ2) is 10.6. The topological polar surface area (TPSA) is 83.0 Å². The zero-order valence-electron chi connectivity index (χ0n) is 17.3. The molecule has 0 saturated carbocycles. The number of hydrogen-bond acceptors (Lipinski definition) is 5. The molecule has 1 atom stereocenters. The molecule has 0 aliphatic carbocycles. The van der Waals surface area contributed by atoms with Gasteiger partial charge in [0.2, 0.25) is 0 Å². The van der Waals surface area contributed by atoms with Crippen LogP contribution in [0.15, 0.2) is 4.99 Å². The van der Waals surface area contributed by atoms with Crippen molar-refractivity contribution in [2.75, 3.05) is 52.2 Å². The molecule has 2 saturated heterocycles. The first-order chi connectivity index (χ1) is 12.9. The Bertz CT molecular complexity index is 574. The van der Waals surface area contributed by atoms with Crippen LogP contribution in [0.1, 0.15) is 52.4 Å². The number of likely N-dealkylation sites (tertiary alicyclic amines) is 1. The molecule has 2 N–H and O–H groups in total. The number of ether oxygens (including phenoxy) is 1. The molecule has 0 radical (unpaired) electrons. The molecule has 27 heavy (non-hydrogen) atoms. The van der Waals surface area contributed by atoms with E-state index in [0.717, 1.165) is 19.6 Å². The summed E-state index contributed by atoms with van der Waals surface area (Å²) in [5.74, 6) is 0.706. The Hall–Kier alpha value is -0.860. The fourth-order valence-electron chi connectivity index (χ4n) is 4.09. The molecule has 0 aromatic heterocycles. The van der Waals surface area contributed by atoms with Crippen LogP contribution >= 0.6 is 0 Å². The molecular weight excluding hydrogens is 364 g/mol. The van der Waals surface area contributed by atoms with Gasteiger partial charge in [0, 0.05) is 45.1 Å². The van der Waals surface area contributed by atoms with Gasteiger partial charge < -0.3 is 15.4 Å². The molecule has 2 aliphatic rings. The molecule has 8 heteroatoms. The van der Waals surface area contributed by atoms with Crippen molar-refractivity contribution in [2.45, 2.75) is 63.2 Å². The van der Waals surface area contributed by atoms with Crippen molar-refractivity contribution in [3.63, 3.8) is 0 Å². The average molecular weight is 403 g/mol. The lowest BCUT2D eigenvalue weighted by Crippen LogP contribution is -2.48. The molecule has 0 aromatic carbocycles. The van der Waals surface area contributed by atoms with Gasteiger partial charge in [-0.25, -0.2) is 8.42 Å². The Balaban J connectivity index is 1.94. The predicted molar refractivity (Wildman–Crippen MR) is 111 cm³/mol. The summed E-state index contributed by atoms with van der Waals surface area (Å²) in [6, 6.07) is 0.691. The molecule has 2 heterocycles. The van der Waals surface area contributed by atoms with Crippen LogP contribution in [-0.2, 0) is 14.6 Å². The van der Waals surface area contributed by atoms with E-state index < -0.39 is 14.6 Å². The van der Waals surface area contributed by atoms with E-state index >= 15 is 0 Å². The van der Waals surface area contributed by atoms with E-state index in [4.69, 9.17) is 4.74 Å². The number of nitrogens with zero attached hydrogens (tertiary/aromatic N) is 2. The van der Waals surface area contributed by atoms with Crippen molar-refractivity contribution in [3.8, 4) is 0 Å². The molecule has 0 spiro atoms. The third-order valence-corrected chi connectivity index (χ3v) is 8.08. The zero-order valence-corrected chi connectivity index (χ0v) is 18.1. The summed E-state index contributed by atoms with van der Waals surface area (Å²) in [7, 11) is -3.20. The minimum absolute atomic E-state index is 0.284. The molecule has 2 rings (SSSR count). The summed E-state index contributed by atoms with van der Waals surface area (Å²) < 4.78 is 29.4. The van der Waals surface area contributed by atoms with Crippen LogP contribution in [0.5, 0.6) is 0 Å². The van der Waals surface area contributed by atoms with Gasteiger partial charge in [-0.15, -0.1) is 0 Å². The Morgan fingerprint density at radius 2 is 1.96 bits per heavy atom. The van der Waals surface area contributed by atoms with E-state index in [2.05, 4.69) is 27.4 Å². The summed E-state index contributed by atoms with van der Waals surface area (Å²) in [6.45, 7) is 9.28. The number of nitrogens with one attached hydrogen (secondary N) is 2. The van der Waals surface area contributed by atoms with Gasteiger partial charge in [0.15, 0.2) is 15.8 Å². The molecule has 2 aliphatic heterocycles. The second-order valence-corrected chi connectivity index (χ2v) is 10.2. The van der Waals surface area contributed by atoms with Crippen molar-refractivity contribution in [1.82, 2.24) is 15.5 Å². The molecule has 0 bridgehead atoms. The summed E-state index contributed by atoms with van der Waals surface area (Å²) in [5.41, 5.74) is 0. The SMILES string of the molecule is CCNC(=NCC1(S(C)(=O)=O)CCOCC1)NCCN1CCCCC1CC.